The highest BCUT2D eigenvalue weighted by Gasteiger charge is 2.25. The maximum atomic E-state index is 12.5. The van der Waals surface area contributed by atoms with Crippen LogP contribution < -0.4 is 14.8 Å². The lowest BCUT2D eigenvalue weighted by molar-refractivity contribution is 0.0657. The van der Waals surface area contributed by atoms with Gasteiger partial charge < -0.3 is 29.0 Å². The van der Waals surface area contributed by atoms with Gasteiger partial charge in [-0.15, -0.1) is 0 Å². The maximum Gasteiger partial charge on any atom is 0.289 e. The van der Waals surface area contributed by atoms with Crippen molar-refractivity contribution >= 4 is 11.9 Å². The summed E-state index contributed by atoms with van der Waals surface area (Å²) in [5, 5.41) is 3.36. The van der Waals surface area contributed by atoms with Crippen LogP contribution in [0, 0.1) is 0 Å². The van der Waals surface area contributed by atoms with Gasteiger partial charge in [-0.05, 0) is 49.2 Å². The van der Waals surface area contributed by atoms with Crippen LogP contribution >= 0.6 is 0 Å². The molecule has 30 heavy (non-hydrogen) atoms. The van der Waals surface area contributed by atoms with Gasteiger partial charge in [0.1, 0.15) is 11.5 Å². The van der Waals surface area contributed by atoms with Crippen LogP contribution in [0.25, 0.3) is 0 Å². The van der Waals surface area contributed by atoms with Gasteiger partial charge in [-0.25, -0.2) is 0 Å². The number of carbonyl (C=O) groups excluding carboxylic acids is 1. The summed E-state index contributed by atoms with van der Waals surface area (Å²) in [4.78, 5) is 21.3. The highest BCUT2D eigenvalue weighted by Crippen LogP contribution is 2.24. The Labute approximate surface area is 177 Å². The van der Waals surface area contributed by atoms with E-state index >= 15 is 0 Å². The van der Waals surface area contributed by atoms with Crippen molar-refractivity contribution in [3.05, 3.63) is 47.9 Å². The summed E-state index contributed by atoms with van der Waals surface area (Å²) >= 11 is 0. The minimum atomic E-state index is -0.0632. The molecule has 1 fully saturated rings. The predicted octanol–water partition coefficient (Wildman–Crippen LogP) is 2.26. The van der Waals surface area contributed by atoms with Crippen LogP contribution in [0.1, 0.15) is 23.0 Å². The quantitative estimate of drug-likeness (QED) is 0.553. The van der Waals surface area contributed by atoms with Gasteiger partial charge in [-0.2, -0.15) is 0 Å². The molecule has 2 heterocycles. The van der Waals surface area contributed by atoms with Gasteiger partial charge in [0.05, 0.1) is 20.5 Å². The number of hydrogen-bond acceptors (Lipinski definition) is 5. The van der Waals surface area contributed by atoms with Crippen molar-refractivity contribution in [1.82, 2.24) is 15.1 Å². The van der Waals surface area contributed by atoms with Crippen LogP contribution in [-0.4, -0.2) is 75.2 Å². The van der Waals surface area contributed by atoms with Crippen molar-refractivity contribution in [1.29, 1.82) is 0 Å². The number of guanidine groups is 1. The van der Waals surface area contributed by atoms with E-state index in [1.807, 2.05) is 23.1 Å². The fraction of sp³-hybridized carbons (Fsp3) is 0.455. The predicted molar refractivity (Wildman–Crippen MR) is 115 cm³/mol. The molecule has 3 rings (SSSR count). The zero-order valence-corrected chi connectivity index (χ0v) is 17.9. The molecule has 0 radical (unpaired) electrons. The molecule has 0 spiro atoms. The molecule has 1 aliphatic heterocycles. The molecule has 162 valence electrons. The van der Waals surface area contributed by atoms with Crippen LogP contribution in [0.15, 0.2) is 46.0 Å². The fourth-order valence-corrected chi connectivity index (χ4v) is 3.46. The Kier molecular flexibility index (Phi) is 7.59. The minimum absolute atomic E-state index is 0.0632. The van der Waals surface area contributed by atoms with E-state index in [1.165, 1.54) is 6.26 Å². The standard InChI is InChI=1S/C22H30N4O4/c1-4-23-22(24-10-9-17-16-18(28-2)7-8-19(17)29-3)26-13-11-25(12-14-26)21(27)20-6-5-15-30-20/h5-8,15-16H,4,9-14H2,1-3H3,(H,23,24). The molecule has 2 aromatic rings. The van der Waals surface area contributed by atoms with Gasteiger partial charge in [0.25, 0.3) is 5.91 Å². The Morgan fingerprint density at radius 3 is 2.53 bits per heavy atom. The third-order valence-electron chi connectivity index (χ3n) is 5.06. The Balaban J connectivity index is 1.59. The first-order chi connectivity index (χ1) is 14.7. The van der Waals surface area contributed by atoms with Crippen molar-refractivity contribution in [3.8, 4) is 11.5 Å². The van der Waals surface area contributed by atoms with E-state index in [2.05, 4.69) is 17.1 Å². The van der Waals surface area contributed by atoms with Gasteiger partial charge >= 0.3 is 0 Å². The highest BCUT2D eigenvalue weighted by atomic mass is 16.5. The number of benzene rings is 1. The molecule has 1 saturated heterocycles. The first kappa shape index (κ1) is 21.5. The van der Waals surface area contributed by atoms with Gasteiger partial charge in [0.2, 0.25) is 0 Å². The Morgan fingerprint density at radius 2 is 1.90 bits per heavy atom. The maximum absolute atomic E-state index is 12.5. The fourth-order valence-electron chi connectivity index (χ4n) is 3.46. The van der Waals surface area contributed by atoms with Crippen molar-refractivity contribution in [2.45, 2.75) is 13.3 Å². The summed E-state index contributed by atoms with van der Waals surface area (Å²) < 4.78 is 16.0. The molecule has 1 amide bonds. The number of rotatable bonds is 7. The average molecular weight is 415 g/mol. The molecule has 0 aliphatic carbocycles. The molecule has 8 nitrogen and oxygen atoms in total. The first-order valence-electron chi connectivity index (χ1n) is 10.2. The smallest absolute Gasteiger partial charge is 0.289 e. The molecule has 0 bridgehead atoms. The van der Waals surface area contributed by atoms with E-state index in [0.717, 1.165) is 49.1 Å². The van der Waals surface area contributed by atoms with Gasteiger partial charge in [0.15, 0.2) is 11.7 Å². The van der Waals surface area contributed by atoms with Crippen LogP contribution in [0.2, 0.25) is 0 Å². The molecule has 1 aromatic carbocycles. The topological polar surface area (TPSA) is 79.5 Å². The third-order valence-corrected chi connectivity index (χ3v) is 5.06. The summed E-state index contributed by atoms with van der Waals surface area (Å²) in [7, 11) is 3.32. The zero-order valence-electron chi connectivity index (χ0n) is 17.9. The number of furan rings is 1. The number of hydrogen-bond donors (Lipinski definition) is 1. The molecule has 0 unspecified atom stereocenters. The lowest BCUT2D eigenvalue weighted by atomic mass is 10.1. The number of methoxy groups -OCH3 is 2. The second-order valence-corrected chi connectivity index (χ2v) is 6.92. The van der Waals surface area contributed by atoms with Crippen LogP contribution in [0.4, 0.5) is 0 Å². The Hall–Kier alpha value is -3.16. The van der Waals surface area contributed by atoms with Crippen LogP contribution in [0.5, 0.6) is 11.5 Å². The number of amides is 1. The van der Waals surface area contributed by atoms with E-state index in [1.54, 1.807) is 26.4 Å². The van der Waals surface area contributed by atoms with E-state index in [0.29, 0.717) is 25.4 Å². The van der Waals surface area contributed by atoms with Gasteiger partial charge in [0, 0.05) is 39.3 Å². The van der Waals surface area contributed by atoms with Crippen molar-refractivity contribution in [2.24, 2.45) is 4.99 Å². The third kappa shape index (κ3) is 5.25. The Bertz CT molecular complexity index is 843. The summed E-state index contributed by atoms with van der Waals surface area (Å²) in [6.45, 7) is 6.17. The molecule has 1 N–H and O–H groups in total. The second-order valence-electron chi connectivity index (χ2n) is 6.92. The molecule has 1 aliphatic rings. The first-order valence-corrected chi connectivity index (χ1v) is 10.2. The van der Waals surface area contributed by atoms with E-state index in [-0.39, 0.29) is 5.91 Å². The zero-order chi connectivity index (χ0) is 21.3. The Morgan fingerprint density at radius 1 is 1.13 bits per heavy atom. The number of piperazine rings is 1. The SMILES string of the molecule is CCNC(=NCCc1cc(OC)ccc1OC)N1CCN(C(=O)c2ccco2)CC1. The van der Waals surface area contributed by atoms with E-state index in [9.17, 15) is 4.79 Å². The van der Waals surface area contributed by atoms with Crippen molar-refractivity contribution < 1.29 is 18.7 Å². The molecule has 0 atom stereocenters. The molecule has 8 heteroatoms. The molecule has 1 aromatic heterocycles. The number of ether oxygens (including phenoxy) is 2. The lowest BCUT2D eigenvalue weighted by Gasteiger charge is -2.36. The average Bonchev–Trinajstić information content (AvgIpc) is 3.33. The van der Waals surface area contributed by atoms with Crippen LogP contribution in [0.3, 0.4) is 0 Å². The second kappa shape index (κ2) is 10.6. The highest BCUT2D eigenvalue weighted by molar-refractivity contribution is 5.91. The lowest BCUT2D eigenvalue weighted by Crippen LogP contribution is -2.53. The minimum Gasteiger partial charge on any atom is -0.497 e. The summed E-state index contributed by atoms with van der Waals surface area (Å²) in [6, 6.07) is 9.22. The summed E-state index contributed by atoms with van der Waals surface area (Å²) in [6.07, 6.45) is 2.27. The van der Waals surface area contributed by atoms with Gasteiger partial charge in [-0.3, -0.25) is 9.79 Å². The number of aliphatic imine (C=N–C) groups is 1. The summed E-state index contributed by atoms with van der Waals surface area (Å²) in [5.41, 5.74) is 1.06. The number of nitrogens with one attached hydrogen (secondary N) is 1. The normalized spacial score (nSPS) is 14.6. The largest absolute Gasteiger partial charge is 0.497 e. The number of nitrogens with zero attached hydrogens (tertiary/aromatic N) is 3. The molecular formula is C22H30N4O4. The van der Waals surface area contributed by atoms with Gasteiger partial charge in [-0.1, -0.05) is 0 Å². The molecular weight excluding hydrogens is 384 g/mol. The summed E-state index contributed by atoms with van der Waals surface area (Å²) in [5.74, 6) is 2.83. The monoisotopic (exact) mass is 414 g/mol. The van der Waals surface area contributed by atoms with E-state index in [4.69, 9.17) is 18.9 Å². The van der Waals surface area contributed by atoms with Crippen LogP contribution in [-0.2, 0) is 6.42 Å². The van der Waals surface area contributed by atoms with Crippen molar-refractivity contribution in [2.75, 3.05) is 53.5 Å². The van der Waals surface area contributed by atoms with Crippen molar-refractivity contribution in [3.63, 3.8) is 0 Å². The van der Waals surface area contributed by atoms with E-state index < -0.39 is 0 Å². The molecule has 0 saturated carbocycles. The number of carbonyl (C=O) groups is 1.